The fourth-order valence-electron chi connectivity index (χ4n) is 1.91. The van der Waals surface area contributed by atoms with Gasteiger partial charge in [-0.1, -0.05) is 0 Å². The monoisotopic (exact) mass is 284 g/mol. The Kier molecular flexibility index (Phi) is 5.06. The van der Waals surface area contributed by atoms with Crippen molar-refractivity contribution < 1.29 is 14.8 Å². The van der Waals surface area contributed by atoms with Gasteiger partial charge in [-0.2, -0.15) is 5.10 Å². The Hall–Kier alpha value is -2.12. The molecule has 0 bridgehead atoms. The molecule has 0 radical (unpaired) electrons. The predicted molar refractivity (Wildman–Crippen MR) is 74.0 cm³/mol. The molecule has 0 amide bonds. The molecule has 1 aromatic heterocycles. The number of carboxylic acids is 1. The maximum atomic E-state index is 11.1. The van der Waals surface area contributed by atoms with Crippen LogP contribution in [0, 0.1) is 17.0 Å². The number of hydrogen-bond acceptors (Lipinski definition) is 5. The van der Waals surface area contributed by atoms with Gasteiger partial charge in [-0.15, -0.1) is 0 Å². The molecule has 112 valence electrons. The molecule has 2 N–H and O–H groups in total. The second-order valence-electron chi connectivity index (χ2n) is 5.06. The minimum Gasteiger partial charge on any atom is -0.481 e. The number of nitrogens with one attached hydrogen (secondary N) is 1. The Morgan fingerprint density at radius 3 is 2.55 bits per heavy atom. The van der Waals surface area contributed by atoms with Gasteiger partial charge >= 0.3 is 11.7 Å². The van der Waals surface area contributed by atoms with Crippen molar-refractivity contribution >= 4 is 17.5 Å². The van der Waals surface area contributed by atoms with Crippen molar-refractivity contribution in [2.45, 2.75) is 52.6 Å². The first kappa shape index (κ1) is 15.9. The van der Waals surface area contributed by atoms with Crippen LogP contribution in [0.1, 0.15) is 45.3 Å². The highest BCUT2D eigenvalue weighted by atomic mass is 16.6. The highest BCUT2D eigenvalue weighted by Gasteiger charge is 2.27. The van der Waals surface area contributed by atoms with Crippen molar-refractivity contribution in [2.75, 3.05) is 5.32 Å². The maximum absolute atomic E-state index is 11.1. The third-order valence-electron chi connectivity index (χ3n) is 2.90. The summed E-state index contributed by atoms with van der Waals surface area (Å²) in [5.41, 5.74) is 0.289. The molecule has 1 aromatic rings. The fraction of sp³-hybridized carbons (Fsp3) is 0.667. The summed E-state index contributed by atoms with van der Waals surface area (Å²) in [7, 11) is 0. The number of rotatable bonds is 7. The second-order valence-corrected chi connectivity index (χ2v) is 5.06. The number of aliphatic carboxylic acids is 1. The van der Waals surface area contributed by atoms with E-state index in [1.807, 2.05) is 13.8 Å². The molecule has 0 saturated carbocycles. The Morgan fingerprint density at radius 2 is 2.10 bits per heavy atom. The van der Waals surface area contributed by atoms with Crippen LogP contribution in [0.3, 0.4) is 0 Å². The van der Waals surface area contributed by atoms with Crippen LogP contribution in [0.2, 0.25) is 0 Å². The van der Waals surface area contributed by atoms with Crippen LogP contribution < -0.4 is 5.32 Å². The molecule has 0 saturated heterocycles. The van der Waals surface area contributed by atoms with Gasteiger partial charge in [0, 0.05) is 18.5 Å². The van der Waals surface area contributed by atoms with Crippen LogP contribution in [0.5, 0.6) is 0 Å². The average Bonchev–Trinajstić information content (AvgIpc) is 2.63. The number of nitrogens with zero attached hydrogens (tertiary/aromatic N) is 3. The van der Waals surface area contributed by atoms with E-state index in [1.165, 1.54) is 0 Å². The van der Waals surface area contributed by atoms with Crippen molar-refractivity contribution in [3.05, 3.63) is 15.8 Å². The first-order valence-electron chi connectivity index (χ1n) is 6.45. The minimum atomic E-state index is -0.887. The van der Waals surface area contributed by atoms with Crippen LogP contribution in [-0.4, -0.2) is 31.8 Å². The van der Waals surface area contributed by atoms with Gasteiger partial charge in [0.15, 0.2) is 0 Å². The van der Waals surface area contributed by atoms with Crippen LogP contribution >= 0.6 is 0 Å². The molecular weight excluding hydrogens is 264 g/mol. The Labute approximate surface area is 116 Å². The fourth-order valence-corrected chi connectivity index (χ4v) is 1.91. The summed E-state index contributed by atoms with van der Waals surface area (Å²) in [6.45, 7) is 7.14. The molecule has 8 nitrogen and oxygen atoms in total. The summed E-state index contributed by atoms with van der Waals surface area (Å²) in [4.78, 5) is 21.2. The first-order chi connectivity index (χ1) is 9.23. The van der Waals surface area contributed by atoms with E-state index in [0.717, 1.165) is 0 Å². The van der Waals surface area contributed by atoms with Gasteiger partial charge in [-0.3, -0.25) is 14.9 Å². The summed E-state index contributed by atoms with van der Waals surface area (Å²) in [5.74, 6) is -0.554. The Morgan fingerprint density at radius 1 is 1.50 bits per heavy atom. The molecule has 0 aliphatic carbocycles. The smallest absolute Gasteiger partial charge is 0.333 e. The molecule has 0 spiro atoms. The summed E-state index contributed by atoms with van der Waals surface area (Å²) >= 11 is 0. The summed E-state index contributed by atoms with van der Waals surface area (Å²) in [6.07, 6.45) is 0.394. The number of carboxylic acid groups (broad SMARTS) is 1. The van der Waals surface area contributed by atoms with Gasteiger partial charge < -0.3 is 10.4 Å². The van der Waals surface area contributed by atoms with E-state index in [1.54, 1.807) is 18.5 Å². The zero-order valence-corrected chi connectivity index (χ0v) is 12.1. The topological polar surface area (TPSA) is 110 Å². The van der Waals surface area contributed by atoms with Crippen LogP contribution in [0.4, 0.5) is 11.5 Å². The normalized spacial score (nSPS) is 12.4. The van der Waals surface area contributed by atoms with Crippen LogP contribution in [0.15, 0.2) is 0 Å². The predicted octanol–water partition coefficient (Wildman–Crippen LogP) is 2.35. The number of aryl methyl sites for hydroxylation is 1. The zero-order chi connectivity index (χ0) is 15.4. The highest BCUT2D eigenvalue weighted by molar-refractivity contribution is 5.67. The van der Waals surface area contributed by atoms with E-state index in [-0.39, 0.29) is 24.2 Å². The number of anilines is 1. The molecule has 1 unspecified atom stereocenters. The number of carbonyl (C=O) groups is 1. The van der Waals surface area contributed by atoms with Gasteiger partial charge in [0.2, 0.25) is 5.82 Å². The van der Waals surface area contributed by atoms with Crippen molar-refractivity contribution in [2.24, 2.45) is 0 Å². The summed E-state index contributed by atoms with van der Waals surface area (Å²) in [5, 5.41) is 27.0. The molecule has 1 rings (SSSR count). The maximum Gasteiger partial charge on any atom is 0.333 e. The SMILES string of the molecule is Cc1nn(C(C)C)c(NC(C)CCC(=O)O)c1[N+](=O)[O-]. The van der Waals surface area contributed by atoms with Crippen LogP contribution in [0.25, 0.3) is 0 Å². The van der Waals surface area contributed by atoms with E-state index in [4.69, 9.17) is 5.11 Å². The third-order valence-corrected chi connectivity index (χ3v) is 2.90. The quantitative estimate of drug-likeness (QED) is 0.587. The van der Waals surface area contributed by atoms with Gasteiger partial charge in [0.1, 0.15) is 5.69 Å². The standard InChI is InChI=1S/C12H20N4O4/c1-7(2)15-12(11(16(19)20)9(4)14-15)13-8(3)5-6-10(17)18/h7-8,13H,5-6H2,1-4H3,(H,17,18). The molecule has 0 aromatic carbocycles. The lowest BCUT2D eigenvalue weighted by Crippen LogP contribution is -2.20. The van der Waals surface area contributed by atoms with E-state index in [2.05, 4.69) is 10.4 Å². The zero-order valence-electron chi connectivity index (χ0n) is 12.1. The van der Waals surface area contributed by atoms with Crippen LogP contribution in [-0.2, 0) is 4.79 Å². The molecule has 20 heavy (non-hydrogen) atoms. The lowest BCUT2D eigenvalue weighted by Gasteiger charge is -2.16. The lowest BCUT2D eigenvalue weighted by molar-refractivity contribution is -0.384. The number of aromatic nitrogens is 2. The van der Waals surface area contributed by atoms with E-state index in [9.17, 15) is 14.9 Å². The minimum absolute atomic E-state index is 0.0107. The Bertz CT molecular complexity index is 510. The van der Waals surface area contributed by atoms with Gasteiger partial charge in [-0.05, 0) is 34.1 Å². The van der Waals surface area contributed by atoms with E-state index < -0.39 is 10.9 Å². The average molecular weight is 284 g/mol. The van der Waals surface area contributed by atoms with Crippen molar-refractivity contribution in [3.8, 4) is 0 Å². The van der Waals surface area contributed by atoms with Crippen molar-refractivity contribution in [1.82, 2.24) is 9.78 Å². The first-order valence-corrected chi connectivity index (χ1v) is 6.45. The molecule has 0 aliphatic rings. The van der Waals surface area contributed by atoms with Gasteiger partial charge in [-0.25, -0.2) is 4.68 Å². The summed E-state index contributed by atoms with van der Waals surface area (Å²) in [6, 6.07) is -0.227. The number of hydrogen-bond donors (Lipinski definition) is 2. The number of nitro groups is 1. The Balaban J connectivity index is 3.02. The molecule has 8 heteroatoms. The van der Waals surface area contributed by atoms with E-state index in [0.29, 0.717) is 17.9 Å². The third kappa shape index (κ3) is 3.69. The molecule has 1 heterocycles. The molecular formula is C12H20N4O4. The second kappa shape index (κ2) is 6.36. The molecule has 0 aliphatic heterocycles. The van der Waals surface area contributed by atoms with Gasteiger partial charge in [0.05, 0.1) is 4.92 Å². The summed E-state index contributed by atoms with van der Waals surface area (Å²) < 4.78 is 1.56. The van der Waals surface area contributed by atoms with E-state index >= 15 is 0 Å². The highest BCUT2D eigenvalue weighted by Crippen LogP contribution is 2.31. The van der Waals surface area contributed by atoms with Crippen molar-refractivity contribution in [3.63, 3.8) is 0 Å². The largest absolute Gasteiger partial charge is 0.481 e. The molecule has 0 fully saturated rings. The molecule has 1 atom stereocenters. The van der Waals surface area contributed by atoms with Gasteiger partial charge in [0.25, 0.3) is 0 Å². The lowest BCUT2D eigenvalue weighted by atomic mass is 10.2. The van der Waals surface area contributed by atoms with Crippen molar-refractivity contribution in [1.29, 1.82) is 0 Å².